The largest absolute Gasteiger partial charge is 0.478 e. The standard InChI is InChI=1S/C20H30O4/c1-13(2)11-19(21)24-18-12-15(4)8-6-7-14(3)9-10-17(18)16(5)20(22)23/h8-9,13,17-18H,5-7,10-12H2,1-4H3,(H,22,23)/b14-9+,15-8+/t17-,18-/m1/s1. The van der Waals surface area contributed by atoms with E-state index < -0.39 is 18.0 Å². The number of carboxylic acid groups (broad SMARTS) is 1. The molecule has 0 unspecified atom stereocenters. The minimum atomic E-state index is -1.03. The predicted molar refractivity (Wildman–Crippen MR) is 95.6 cm³/mol. The molecule has 4 nitrogen and oxygen atoms in total. The van der Waals surface area contributed by atoms with Crippen LogP contribution in [0.25, 0.3) is 0 Å². The van der Waals surface area contributed by atoms with Crippen LogP contribution in [0.3, 0.4) is 0 Å². The van der Waals surface area contributed by atoms with Crippen LogP contribution in [-0.4, -0.2) is 23.1 Å². The molecule has 24 heavy (non-hydrogen) atoms. The second kappa shape index (κ2) is 9.45. The molecule has 0 aromatic heterocycles. The third-order valence-corrected chi connectivity index (χ3v) is 4.30. The van der Waals surface area contributed by atoms with E-state index in [1.54, 1.807) is 0 Å². The fraction of sp³-hybridized carbons (Fsp3) is 0.600. The normalized spacial score (nSPS) is 26.7. The maximum Gasteiger partial charge on any atom is 0.331 e. The topological polar surface area (TPSA) is 63.6 Å². The SMILES string of the molecule is C=C(C(=O)O)[C@H]1C/C=C(\C)CC/C=C(\C)C[C@H]1OC(=O)CC(C)C. The number of carboxylic acids is 1. The third-order valence-electron chi connectivity index (χ3n) is 4.30. The summed E-state index contributed by atoms with van der Waals surface area (Å²) >= 11 is 0. The number of hydrogen-bond donors (Lipinski definition) is 1. The van der Waals surface area contributed by atoms with Crippen LogP contribution in [0.5, 0.6) is 0 Å². The van der Waals surface area contributed by atoms with E-state index in [0.29, 0.717) is 19.3 Å². The Bertz CT molecular complexity index is 540. The molecule has 4 heteroatoms. The van der Waals surface area contributed by atoms with E-state index in [2.05, 4.69) is 18.7 Å². The van der Waals surface area contributed by atoms with Gasteiger partial charge in [0.2, 0.25) is 0 Å². The van der Waals surface area contributed by atoms with Crippen molar-refractivity contribution < 1.29 is 19.4 Å². The van der Waals surface area contributed by atoms with Crippen molar-refractivity contribution in [2.24, 2.45) is 11.8 Å². The number of aliphatic carboxylic acids is 1. The van der Waals surface area contributed by atoms with Crippen LogP contribution < -0.4 is 0 Å². The minimum Gasteiger partial charge on any atom is -0.478 e. The molecule has 0 saturated heterocycles. The van der Waals surface area contributed by atoms with E-state index >= 15 is 0 Å². The summed E-state index contributed by atoms with van der Waals surface area (Å²) in [5.41, 5.74) is 2.45. The summed E-state index contributed by atoms with van der Waals surface area (Å²) < 4.78 is 5.69. The predicted octanol–water partition coefficient (Wildman–Crippen LogP) is 4.67. The molecule has 0 amide bonds. The first kappa shape index (κ1) is 20.2. The van der Waals surface area contributed by atoms with Gasteiger partial charge >= 0.3 is 11.9 Å². The average molecular weight is 334 g/mol. The Balaban J connectivity index is 3.09. The van der Waals surface area contributed by atoms with Gasteiger partial charge in [0.1, 0.15) is 6.10 Å². The lowest BCUT2D eigenvalue weighted by atomic mass is 9.85. The van der Waals surface area contributed by atoms with Crippen molar-refractivity contribution in [3.63, 3.8) is 0 Å². The first-order valence-electron chi connectivity index (χ1n) is 8.63. The van der Waals surface area contributed by atoms with Gasteiger partial charge in [-0.15, -0.1) is 0 Å². The van der Waals surface area contributed by atoms with Crippen molar-refractivity contribution in [3.05, 3.63) is 35.5 Å². The van der Waals surface area contributed by atoms with Gasteiger partial charge in [0, 0.05) is 24.3 Å². The average Bonchev–Trinajstić information content (AvgIpc) is 2.45. The molecule has 2 atom stereocenters. The molecule has 1 rings (SSSR count). The van der Waals surface area contributed by atoms with Crippen LogP contribution in [-0.2, 0) is 14.3 Å². The van der Waals surface area contributed by atoms with E-state index in [0.717, 1.165) is 18.4 Å². The van der Waals surface area contributed by atoms with Crippen LogP contribution in [0.15, 0.2) is 35.5 Å². The molecule has 134 valence electrons. The van der Waals surface area contributed by atoms with Crippen molar-refractivity contribution in [2.45, 2.75) is 65.9 Å². The summed E-state index contributed by atoms with van der Waals surface area (Å²) in [6.45, 7) is 11.7. The molecule has 0 aromatic carbocycles. The molecule has 0 saturated carbocycles. The molecule has 1 N–H and O–H groups in total. The highest BCUT2D eigenvalue weighted by Gasteiger charge is 2.30. The van der Waals surface area contributed by atoms with E-state index in [4.69, 9.17) is 4.74 Å². The Morgan fingerprint density at radius 2 is 1.96 bits per heavy atom. The molecule has 1 aliphatic rings. The van der Waals surface area contributed by atoms with Crippen molar-refractivity contribution >= 4 is 11.9 Å². The summed E-state index contributed by atoms with van der Waals surface area (Å²) in [6.07, 6.45) is 7.03. The van der Waals surface area contributed by atoms with Gasteiger partial charge in [-0.05, 0) is 39.0 Å². The Labute approximate surface area is 145 Å². The first-order valence-corrected chi connectivity index (χ1v) is 8.63. The smallest absolute Gasteiger partial charge is 0.331 e. The lowest BCUT2D eigenvalue weighted by Crippen LogP contribution is -2.31. The van der Waals surface area contributed by atoms with Crippen LogP contribution in [0.1, 0.15) is 59.8 Å². The number of rotatable bonds is 5. The van der Waals surface area contributed by atoms with Gasteiger partial charge in [0.15, 0.2) is 0 Å². The zero-order valence-electron chi connectivity index (χ0n) is 15.3. The fourth-order valence-electron chi connectivity index (χ4n) is 2.87. The van der Waals surface area contributed by atoms with Crippen LogP contribution >= 0.6 is 0 Å². The number of carbonyl (C=O) groups excluding carboxylic acids is 1. The number of hydrogen-bond acceptors (Lipinski definition) is 3. The fourth-order valence-corrected chi connectivity index (χ4v) is 2.87. The number of allylic oxidation sites excluding steroid dienone is 3. The van der Waals surface area contributed by atoms with Crippen molar-refractivity contribution in [2.75, 3.05) is 0 Å². The van der Waals surface area contributed by atoms with E-state index in [1.807, 2.05) is 27.7 Å². The van der Waals surface area contributed by atoms with Crippen LogP contribution in [0.2, 0.25) is 0 Å². The maximum atomic E-state index is 12.1. The molecule has 0 bridgehead atoms. The van der Waals surface area contributed by atoms with Gasteiger partial charge < -0.3 is 9.84 Å². The quantitative estimate of drug-likeness (QED) is 0.451. The van der Waals surface area contributed by atoms with Crippen molar-refractivity contribution in [1.82, 2.24) is 0 Å². The van der Waals surface area contributed by atoms with Crippen LogP contribution in [0, 0.1) is 11.8 Å². The minimum absolute atomic E-state index is 0.106. The van der Waals surface area contributed by atoms with Crippen molar-refractivity contribution in [3.8, 4) is 0 Å². The summed E-state index contributed by atoms with van der Waals surface area (Å²) in [5, 5.41) is 9.38. The Morgan fingerprint density at radius 1 is 1.29 bits per heavy atom. The van der Waals surface area contributed by atoms with Gasteiger partial charge in [0.25, 0.3) is 0 Å². The van der Waals surface area contributed by atoms with Gasteiger partial charge in [-0.3, -0.25) is 4.79 Å². The summed E-state index contributed by atoms with van der Waals surface area (Å²) in [4.78, 5) is 23.6. The molecule has 1 aliphatic carbocycles. The Kier molecular flexibility index (Phi) is 7.96. The molecule has 0 aliphatic heterocycles. The molecule has 0 heterocycles. The highest BCUT2D eigenvalue weighted by atomic mass is 16.5. The summed E-state index contributed by atoms with van der Waals surface area (Å²) in [6, 6.07) is 0. The second-order valence-corrected chi connectivity index (χ2v) is 7.14. The van der Waals surface area contributed by atoms with E-state index in [9.17, 15) is 14.7 Å². The van der Waals surface area contributed by atoms with Crippen LogP contribution in [0.4, 0.5) is 0 Å². The zero-order chi connectivity index (χ0) is 18.3. The third kappa shape index (κ3) is 6.73. The van der Waals surface area contributed by atoms with Gasteiger partial charge in [0.05, 0.1) is 0 Å². The highest BCUT2D eigenvalue weighted by molar-refractivity contribution is 5.86. The van der Waals surface area contributed by atoms with Crippen molar-refractivity contribution in [1.29, 1.82) is 0 Å². The second-order valence-electron chi connectivity index (χ2n) is 7.14. The molecule has 0 radical (unpaired) electrons. The summed E-state index contributed by atoms with van der Waals surface area (Å²) in [5.74, 6) is -1.51. The molecule has 0 aromatic rings. The summed E-state index contributed by atoms with van der Waals surface area (Å²) in [7, 11) is 0. The van der Waals surface area contributed by atoms with E-state index in [1.165, 1.54) is 5.57 Å². The first-order chi connectivity index (χ1) is 11.2. The highest BCUT2D eigenvalue weighted by Crippen LogP contribution is 2.29. The monoisotopic (exact) mass is 334 g/mol. The van der Waals surface area contributed by atoms with Gasteiger partial charge in [-0.2, -0.15) is 0 Å². The Morgan fingerprint density at radius 3 is 2.54 bits per heavy atom. The van der Waals surface area contributed by atoms with Gasteiger partial charge in [-0.25, -0.2) is 4.79 Å². The molecule has 0 spiro atoms. The molecule has 0 fully saturated rings. The van der Waals surface area contributed by atoms with Gasteiger partial charge in [-0.1, -0.05) is 43.7 Å². The lowest BCUT2D eigenvalue weighted by Gasteiger charge is -2.28. The lowest BCUT2D eigenvalue weighted by molar-refractivity contribution is -0.153. The van der Waals surface area contributed by atoms with E-state index in [-0.39, 0.29) is 17.5 Å². The number of ether oxygens (including phenoxy) is 1. The number of esters is 1. The Hall–Kier alpha value is -1.84. The molecular formula is C20H30O4. The zero-order valence-corrected chi connectivity index (χ0v) is 15.3. The number of carbonyl (C=O) groups is 2. The molecular weight excluding hydrogens is 304 g/mol. The maximum absolute atomic E-state index is 12.1.